The average molecular weight is 440 g/mol. The summed E-state index contributed by atoms with van der Waals surface area (Å²) in [5, 5.41) is 14.7. The fourth-order valence-corrected chi connectivity index (χ4v) is 3.99. The van der Waals surface area contributed by atoms with E-state index in [1.165, 1.54) is 16.7 Å². The molecule has 1 aliphatic heterocycles. The van der Waals surface area contributed by atoms with E-state index in [4.69, 9.17) is 0 Å². The van der Waals surface area contributed by atoms with Gasteiger partial charge >= 0.3 is 0 Å². The van der Waals surface area contributed by atoms with Crippen LogP contribution in [0, 0.1) is 5.82 Å². The Hall–Kier alpha value is -3.40. The summed E-state index contributed by atoms with van der Waals surface area (Å²) in [6, 6.07) is 5.86. The zero-order valence-corrected chi connectivity index (χ0v) is 18.2. The molecule has 0 aliphatic carbocycles. The lowest BCUT2D eigenvalue weighted by molar-refractivity contribution is 0.0624. The predicted molar refractivity (Wildman–Crippen MR) is 114 cm³/mol. The van der Waals surface area contributed by atoms with Crippen molar-refractivity contribution in [1.29, 1.82) is 0 Å². The van der Waals surface area contributed by atoms with Gasteiger partial charge in [-0.1, -0.05) is 12.1 Å². The molecule has 3 aromatic rings. The monoisotopic (exact) mass is 440 g/mol. The molecule has 0 atom stereocenters. The molecule has 10 heteroatoms. The largest absolute Gasteiger partial charge is 0.501 e. The molecule has 0 radical (unpaired) electrons. The van der Waals surface area contributed by atoms with E-state index in [1.807, 2.05) is 13.8 Å². The first-order chi connectivity index (χ1) is 15.2. The molecule has 4 rings (SSSR count). The fourth-order valence-electron chi connectivity index (χ4n) is 3.99. The van der Waals surface area contributed by atoms with Crippen LogP contribution in [0.2, 0.25) is 0 Å². The highest BCUT2D eigenvalue weighted by Crippen LogP contribution is 2.31. The zero-order chi connectivity index (χ0) is 23.0. The van der Waals surface area contributed by atoms with Crippen LogP contribution in [-0.4, -0.2) is 46.6 Å². The summed E-state index contributed by atoms with van der Waals surface area (Å²) in [5.74, 6) is -0.367. The molecule has 0 saturated carbocycles. The number of carbonyl (C=O) groups excluding carboxylic acids is 1. The van der Waals surface area contributed by atoms with Crippen molar-refractivity contribution in [3.05, 3.63) is 69.7 Å². The molecule has 168 valence electrons. The molecule has 9 nitrogen and oxygen atoms in total. The van der Waals surface area contributed by atoms with Crippen LogP contribution in [0.3, 0.4) is 0 Å². The number of Topliss-reactive ketones (excluding diaryl/α,β-unsaturated/α-hetero) is 1. The van der Waals surface area contributed by atoms with Crippen molar-refractivity contribution in [2.75, 3.05) is 6.54 Å². The van der Waals surface area contributed by atoms with E-state index in [2.05, 4.69) is 20.0 Å². The molecular weight excluding hydrogens is 415 g/mol. The van der Waals surface area contributed by atoms with Crippen LogP contribution in [-0.2, 0) is 32.1 Å². The first-order valence-electron chi connectivity index (χ1n) is 10.4. The molecule has 1 aromatic carbocycles. The third kappa shape index (κ3) is 4.05. The highest BCUT2D eigenvalue weighted by atomic mass is 19.1. The van der Waals surface area contributed by atoms with Crippen LogP contribution < -0.4 is 5.56 Å². The van der Waals surface area contributed by atoms with Crippen molar-refractivity contribution in [1.82, 2.24) is 29.2 Å². The second-order valence-corrected chi connectivity index (χ2v) is 8.45. The molecule has 0 amide bonds. The van der Waals surface area contributed by atoms with E-state index in [1.54, 1.807) is 30.2 Å². The lowest BCUT2D eigenvalue weighted by Crippen LogP contribution is -2.52. The minimum Gasteiger partial charge on any atom is -0.501 e. The Kier molecular flexibility index (Phi) is 5.64. The number of benzene rings is 1. The van der Waals surface area contributed by atoms with E-state index >= 15 is 0 Å². The van der Waals surface area contributed by atoms with Crippen molar-refractivity contribution >= 4 is 5.78 Å². The number of ketones is 1. The van der Waals surface area contributed by atoms with Gasteiger partial charge in [0.15, 0.2) is 17.3 Å². The van der Waals surface area contributed by atoms with Gasteiger partial charge in [-0.05, 0) is 38.0 Å². The van der Waals surface area contributed by atoms with Gasteiger partial charge in [0.05, 0.1) is 12.1 Å². The number of nitrogens with zero attached hydrogens (tertiary/aromatic N) is 6. The van der Waals surface area contributed by atoms with Crippen molar-refractivity contribution < 1.29 is 14.3 Å². The van der Waals surface area contributed by atoms with E-state index in [9.17, 15) is 19.1 Å². The number of rotatable bonds is 6. The minimum absolute atomic E-state index is 0.0388. The summed E-state index contributed by atoms with van der Waals surface area (Å²) in [7, 11) is 1.79. The third-order valence-electron chi connectivity index (χ3n) is 5.87. The Labute approximate surface area is 184 Å². The minimum atomic E-state index is -0.698. The van der Waals surface area contributed by atoms with Gasteiger partial charge in [-0.2, -0.15) is 5.10 Å². The number of halogens is 1. The number of aryl methyl sites for hydroxylation is 2. The van der Waals surface area contributed by atoms with Gasteiger partial charge in [0.25, 0.3) is 5.56 Å². The molecule has 0 spiro atoms. The first kappa shape index (κ1) is 21.8. The maximum Gasteiger partial charge on any atom is 0.296 e. The van der Waals surface area contributed by atoms with Crippen LogP contribution in [0.1, 0.15) is 48.0 Å². The van der Waals surface area contributed by atoms with Gasteiger partial charge in [0.1, 0.15) is 18.0 Å². The Morgan fingerprint density at radius 3 is 2.59 bits per heavy atom. The molecule has 2 aromatic heterocycles. The Morgan fingerprint density at radius 2 is 1.94 bits per heavy atom. The number of hydrogen-bond acceptors (Lipinski definition) is 7. The van der Waals surface area contributed by atoms with Gasteiger partial charge < -0.3 is 5.11 Å². The summed E-state index contributed by atoms with van der Waals surface area (Å²) in [4.78, 5) is 36.5. The second-order valence-electron chi connectivity index (χ2n) is 8.45. The average Bonchev–Trinajstić information content (AvgIpc) is 3.16. The van der Waals surface area contributed by atoms with E-state index in [0.717, 1.165) is 5.56 Å². The Bertz CT molecular complexity index is 1220. The van der Waals surface area contributed by atoms with Gasteiger partial charge in [-0.3, -0.25) is 23.7 Å². The Morgan fingerprint density at radius 1 is 1.22 bits per heavy atom. The van der Waals surface area contributed by atoms with Gasteiger partial charge in [-0.15, -0.1) is 0 Å². The molecule has 0 unspecified atom stereocenters. The molecule has 1 N–H and O–H groups in total. The van der Waals surface area contributed by atoms with Gasteiger partial charge in [-0.25, -0.2) is 14.4 Å². The van der Waals surface area contributed by atoms with E-state index < -0.39 is 22.6 Å². The highest BCUT2D eigenvalue weighted by Gasteiger charge is 2.39. The number of fused-ring (bicyclic) bond motifs is 1. The summed E-state index contributed by atoms with van der Waals surface area (Å²) >= 11 is 0. The predicted octanol–water partition coefficient (Wildman–Crippen LogP) is 1.78. The van der Waals surface area contributed by atoms with Crippen molar-refractivity contribution in [2.24, 2.45) is 7.05 Å². The third-order valence-corrected chi connectivity index (χ3v) is 5.87. The smallest absolute Gasteiger partial charge is 0.296 e. The standard InChI is InChI=1S/C22H25FN6O3/c1-22(2)21-25-18(16(30)9-6-14-4-7-15(23)8-5-14)19(31)20(32)29(21)11-10-28(22)12-17-24-13-27(3)26-17/h4-5,7-8,13,31H,6,9-12H2,1-3H3. The molecule has 0 saturated heterocycles. The lowest BCUT2D eigenvalue weighted by Gasteiger charge is -2.42. The van der Waals surface area contributed by atoms with Crippen molar-refractivity contribution in [2.45, 2.75) is 45.3 Å². The first-order valence-corrected chi connectivity index (χ1v) is 10.4. The van der Waals surface area contributed by atoms with Crippen LogP contribution >= 0.6 is 0 Å². The summed E-state index contributed by atoms with van der Waals surface area (Å²) < 4.78 is 16.1. The van der Waals surface area contributed by atoms with Crippen LogP contribution in [0.25, 0.3) is 0 Å². The molecular formula is C22H25FN6O3. The quantitative estimate of drug-likeness (QED) is 0.583. The van der Waals surface area contributed by atoms with Gasteiger partial charge in [0.2, 0.25) is 5.75 Å². The molecule has 1 aliphatic rings. The Balaban J connectivity index is 1.61. The number of aromatic nitrogens is 5. The normalized spacial score (nSPS) is 15.5. The highest BCUT2D eigenvalue weighted by molar-refractivity contribution is 5.96. The van der Waals surface area contributed by atoms with Crippen LogP contribution in [0.4, 0.5) is 4.39 Å². The molecule has 0 bridgehead atoms. The molecule has 32 heavy (non-hydrogen) atoms. The van der Waals surface area contributed by atoms with E-state index in [-0.39, 0.29) is 17.9 Å². The van der Waals surface area contributed by atoms with E-state index in [0.29, 0.717) is 37.7 Å². The topological polar surface area (TPSA) is 106 Å². The summed E-state index contributed by atoms with van der Waals surface area (Å²) in [6.45, 7) is 5.15. The maximum absolute atomic E-state index is 13.1. The SMILES string of the molecule is Cn1cnc(CN2CCn3c(nc(C(=O)CCc4ccc(F)cc4)c(O)c3=O)C2(C)C)n1. The van der Waals surface area contributed by atoms with Crippen LogP contribution in [0.15, 0.2) is 35.4 Å². The zero-order valence-electron chi connectivity index (χ0n) is 18.2. The number of carbonyl (C=O) groups is 1. The fraction of sp³-hybridized carbons (Fsp3) is 0.409. The second kappa shape index (κ2) is 8.27. The maximum atomic E-state index is 13.1. The molecule has 0 fully saturated rings. The van der Waals surface area contributed by atoms with Crippen molar-refractivity contribution in [3.8, 4) is 5.75 Å². The number of aromatic hydroxyl groups is 1. The lowest BCUT2D eigenvalue weighted by atomic mass is 9.97. The number of hydrogen-bond donors (Lipinski definition) is 1. The van der Waals surface area contributed by atoms with Crippen molar-refractivity contribution in [3.63, 3.8) is 0 Å². The van der Waals surface area contributed by atoms with Crippen LogP contribution in [0.5, 0.6) is 5.75 Å². The summed E-state index contributed by atoms with van der Waals surface area (Å²) in [5.41, 5.74) is -0.766. The van der Waals surface area contributed by atoms with Gasteiger partial charge in [0, 0.05) is 26.6 Å². The summed E-state index contributed by atoms with van der Waals surface area (Å²) in [6.07, 6.45) is 2.01. The molecule has 3 heterocycles.